The zero-order valence-corrected chi connectivity index (χ0v) is 19.3. The van der Waals surface area contributed by atoms with Gasteiger partial charge in [0.15, 0.2) is 5.13 Å². The Labute approximate surface area is 182 Å². The van der Waals surface area contributed by atoms with E-state index in [4.69, 9.17) is 0 Å². The average Bonchev–Trinajstić information content (AvgIpc) is 3.29. The van der Waals surface area contributed by atoms with Crippen LogP contribution in [0.4, 0.5) is 5.13 Å². The van der Waals surface area contributed by atoms with Gasteiger partial charge in [-0.2, -0.15) is 4.31 Å². The third-order valence-electron chi connectivity index (χ3n) is 4.76. The second kappa shape index (κ2) is 7.69. The number of nitrogens with zero attached hydrogens (tertiary/aromatic N) is 3. The van der Waals surface area contributed by atoms with Gasteiger partial charge in [0, 0.05) is 18.7 Å². The van der Waals surface area contributed by atoms with Gasteiger partial charge in [0.1, 0.15) is 5.52 Å². The lowest BCUT2D eigenvalue weighted by Gasteiger charge is -2.20. The summed E-state index contributed by atoms with van der Waals surface area (Å²) in [5.74, 6) is -0.346. The molecule has 30 heavy (non-hydrogen) atoms. The molecule has 0 aliphatic carbocycles. The SMILES string of the molecule is Cc1nc2c(ccc3nc(NC(=O)c4ccc(S(=O)(=O)N(C)C(C)C)cc4)sc32)s1. The van der Waals surface area contributed by atoms with Crippen LogP contribution in [0.15, 0.2) is 41.3 Å². The van der Waals surface area contributed by atoms with Gasteiger partial charge in [0.2, 0.25) is 10.0 Å². The molecule has 0 saturated heterocycles. The predicted octanol–water partition coefficient (Wildman–Crippen LogP) is 4.50. The van der Waals surface area contributed by atoms with Crippen molar-refractivity contribution in [2.24, 2.45) is 0 Å². The summed E-state index contributed by atoms with van der Waals surface area (Å²) >= 11 is 3.00. The van der Waals surface area contributed by atoms with Gasteiger partial charge in [-0.3, -0.25) is 10.1 Å². The van der Waals surface area contributed by atoms with Crippen molar-refractivity contribution >= 4 is 64.2 Å². The summed E-state index contributed by atoms with van der Waals surface area (Å²) in [6.45, 7) is 5.57. The Balaban J connectivity index is 1.57. The molecule has 0 saturated carbocycles. The second-order valence-corrected chi connectivity index (χ2v) is 11.3. The molecule has 10 heteroatoms. The number of nitrogens with one attached hydrogen (secondary N) is 1. The minimum atomic E-state index is -3.59. The van der Waals surface area contributed by atoms with Crippen LogP contribution < -0.4 is 5.32 Å². The van der Waals surface area contributed by atoms with Crippen LogP contribution >= 0.6 is 22.7 Å². The lowest BCUT2D eigenvalue weighted by atomic mass is 10.2. The average molecular weight is 461 g/mol. The Bertz CT molecular complexity index is 1360. The molecule has 0 bridgehead atoms. The normalized spacial score (nSPS) is 12.3. The Kier molecular flexibility index (Phi) is 5.35. The standard InChI is InChI=1S/C20H20N4O3S3/c1-11(2)24(4)30(26,27)14-7-5-13(6-8-14)19(25)23-20-22-15-9-10-16-17(18(15)29-20)21-12(3)28-16/h5-11H,1-4H3,(H,22,23,25). The van der Waals surface area contributed by atoms with Gasteiger partial charge in [0.05, 0.1) is 24.8 Å². The number of benzene rings is 2. The molecule has 0 fully saturated rings. The fourth-order valence-electron chi connectivity index (χ4n) is 2.93. The highest BCUT2D eigenvalue weighted by atomic mass is 32.2. The first-order chi connectivity index (χ1) is 14.2. The summed E-state index contributed by atoms with van der Waals surface area (Å²) in [4.78, 5) is 21.8. The number of carbonyl (C=O) groups is 1. The number of fused-ring (bicyclic) bond motifs is 3. The van der Waals surface area contributed by atoms with Crippen molar-refractivity contribution in [1.29, 1.82) is 0 Å². The van der Waals surface area contributed by atoms with E-state index >= 15 is 0 Å². The predicted molar refractivity (Wildman–Crippen MR) is 122 cm³/mol. The van der Waals surface area contributed by atoms with Crippen LogP contribution in [0.5, 0.6) is 0 Å². The Hall–Kier alpha value is -2.40. The second-order valence-electron chi connectivity index (χ2n) is 7.11. The number of aryl methyl sites for hydroxylation is 1. The topological polar surface area (TPSA) is 92.3 Å². The summed E-state index contributed by atoms with van der Waals surface area (Å²) in [5, 5.41) is 4.26. The summed E-state index contributed by atoms with van der Waals surface area (Å²) in [6, 6.07) is 9.65. The molecule has 1 amide bonds. The molecule has 4 aromatic rings. The molecular formula is C20H20N4O3S3. The van der Waals surface area contributed by atoms with Gasteiger partial charge in [-0.15, -0.1) is 11.3 Å². The number of thiazole rings is 2. The van der Waals surface area contributed by atoms with Crippen LogP contribution in [0.25, 0.3) is 20.4 Å². The van der Waals surface area contributed by atoms with Gasteiger partial charge >= 0.3 is 0 Å². The highest BCUT2D eigenvalue weighted by Gasteiger charge is 2.23. The number of carbonyl (C=O) groups excluding carboxylic acids is 1. The first-order valence-corrected chi connectivity index (χ1v) is 12.3. The maximum Gasteiger partial charge on any atom is 0.257 e. The van der Waals surface area contributed by atoms with Crippen molar-refractivity contribution in [1.82, 2.24) is 14.3 Å². The van der Waals surface area contributed by atoms with E-state index in [2.05, 4.69) is 15.3 Å². The van der Waals surface area contributed by atoms with Crippen LogP contribution in [0, 0.1) is 6.92 Å². The summed E-state index contributed by atoms with van der Waals surface area (Å²) < 4.78 is 28.5. The van der Waals surface area contributed by atoms with E-state index in [9.17, 15) is 13.2 Å². The monoisotopic (exact) mass is 460 g/mol. The molecule has 0 aliphatic heterocycles. The summed E-state index contributed by atoms with van der Waals surface area (Å²) in [6.07, 6.45) is 0. The number of sulfonamides is 1. The summed E-state index contributed by atoms with van der Waals surface area (Å²) in [5.41, 5.74) is 2.04. The highest BCUT2D eigenvalue weighted by molar-refractivity contribution is 7.89. The molecule has 0 spiro atoms. The minimum absolute atomic E-state index is 0.150. The van der Waals surface area contributed by atoms with Gasteiger partial charge in [-0.05, 0) is 57.2 Å². The number of anilines is 1. The number of amides is 1. The summed E-state index contributed by atoms with van der Waals surface area (Å²) in [7, 11) is -2.05. The van der Waals surface area contributed by atoms with E-state index in [1.807, 2.05) is 19.1 Å². The number of aromatic nitrogens is 2. The maximum atomic E-state index is 12.6. The fraction of sp³-hybridized carbons (Fsp3) is 0.250. The van der Waals surface area contributed by atoms with Crippen LogP contribution in [-0.4, -0.2) is 41.7 Å². The van der Waals surface area contributed by atoms with E-state index in [1.54, 1.807) is 25.2 Å². The van der Waals surface area contributed by atoms with Gasteiger partial charge in [-0.1, -0.05) is 11.3 Å². The van der Waals surface area contributed by atoms with E-state index < -0.39 is 10.0 Å². The smallest absolute Gasteiger partial charge is 0.257 e. The van der Waals surface area contributed by atoms with Crippen molar-refractivity contribution in [2.75, 3.05) is 12.4 Å². The fourth-order valence-corrected chi connectivity index (χ4v) is 6.15. The van der Waals surface area contributed by atoms with Crippen molar-refractivity contribution in [3.8, 4) is 0 Å². The lowest BCUT2D eigenvalue weighted by molar-refractivity contribution is 0.102. The minimum Gasteiger partial charge on any atom is -0.298 e. The van der Waals surface area contributed by atoms with E-state index in [-0.39, 0.29) is 16.8 Å². The molecular weight excluding hydrogens is 440 g/mol. The zero-order chi connectivity index (χ0) is 21.6. The molecule has 156 valence electrons. The number of hydrogen-bond donors (Lipinski definition) is 1. The molecule has 1 N–H and O–H groups in total. The van der Waals surface area contributed by atoms with Crippen molar-refractivity contribution < 1.29 is 13.2 Å². The van der Waals surface area contributed by atoms with Crippen LogP contribution in [-0.2, 0) is 10.0 Å². The number of hydrogen-bond acceptors (Lipinski definition) is 7. The van der Waals surface area contributed by atoms with E-state index in [0.29, 0.717) is 10.7 Å². The third kappa shape index (κ3) is 3.71. The first kappa shape index (κ1) is 20.9. The highest BCUT2D eigenvalue weighted by Crippen LogP contribution is 2.34. The van der Waals surface area contributed by atoms with E-state index in [0.717, 1.165) is 25.4 Å². The molecule has 0 atom stereocenters. The third-order valence-corrected chi connectivity index (χ3v) is 8.74. The molecule has 2 heterocycles. The molecule has 2 aromatic heterocycles. The molecule has 0 aliphatic rings. The molecule has 2 aromatic carbocycles. The van der Waals surface area contributed by atoms with Crippen molar-refractivity contribution in [2.45, 2.75) is 31.7 Å². The van der Waals surface area contributed by atoms with Gasteiger partial charge < -0.3 is 0 Å². The molecule has 4 rings (SSSR count). The van der Waals surface area contributed by atoms with Crippen LogP contribution in [0.3, 0.4) is 0 Å². The Morgan fingerprint density at radius 3 is 2.43 bits per heavy atom. The van der Waals surface area contributed by atoms with Crippen LogP contribution in [0.2, 0.25) is 0 Å². The zero-order valence-electron chi connectivity index (χ0n) is 16.8. The largest absolute Gasteiger partial charge is 0.298 e. The van der Waals surface area contributed by atoms with Crippen molar-refractivity contribution in [3.63, 3.8) is 0 Å². The maximum absolute atomic E-state index is 12.6. The van der Waals surface area contributed by atoms with Crippen molar-refractivity contribution in [3.05, 3.63) is 47.0 Å². The van der Waals surface area contributed by atoms with Gasteiger partial charge in [0.25, 0.3) is 5.91 Å². The first-order valence-electron chi connectivity index (χ1n) is 9.23. The lowest BCUT2D eigenvalue weighted by Crippen LogP contribution is -2.33. The van der Waals surface area contributed by atoms with Crippen LogP contribution in [0.1, 0.15) is 29.2 Å². The Morgan fingerprint density at radius 2 is 1.77 bits per heavy atom. The van der Waals surface area contributed by atoms with Gasteiger partial charge in [-0.25, -0.2) is 18.4 Å². The molecule has 7 nitrogen and oxygen atoms in total. The molecule has 0 unspecified atom stereocenters. The van der Waals surface area contributed by atoms with E-state index in [1.165, 1.54) is 47.0 Å². The Morgan fingerprint density at radius 1 is 1.07 bits per heavy atom. The number of rotatable bonds is 5. The molecule has 0 radical (unpaired) electrons. The quantitative estimate of drug-likeness (QED) is 0.474.